The van der Waals surface area contributed by atoms with Crippen molar-refractivity contribution in [2.75, 3.05) is 26.2 Å². The van der Waals surface area contributed by atoms with E-state index in [4.69, 9.17) is 11.6 Å². The van der Waals surface area contributed by atoms with Crippen LogP contribution in [0.3, 0.4) is 0 Å². The first kappa shape index (κ1) is 10.3. The van der Waals surface area contributed by atoms with Gasteiger partial charge in [0.1, 0.15) is 0 Å². The molecule has 0 radical (unpaired) electrons. The summed E-state index contributed by atoms with van der Waals surface area (Å²) in [7, 11) is 0. The number of nitrogens with zero attached hydrogens (tertiary/aromatic N) is 2. The fourth-order valence-electron chi connectivity index (χ4n) is 2.36. The zero-order valence-electron chi connectivity index (χ0n) is 8.84. The topological polar surface area (TPSA) is 6.25 Å². The first-order valence-corrected chi connectivity index (χ1v) is 6.28. The molecule has 2 heterocycles. The standard InChI is InChI=1S/C11H20ClN2/c12-11(13-7-3-1-4-8-13)14-9-5-2-6-10-14/h1-10H2/q+1. The second-order valence-corrected chi connectivity index (χ2v) is 4.70. The second kappa shape index (κ2) is 5.01. The van der Waals surface area contributed by atoms with Gasteiger partial charge in [-0.3, -0.25) is 9.48 Å². The van der Waals surface area contributed by atoms with Crippen molar-refractivity contribution in [2.24, 2.45) is 0 Å². The van der Waals surface area contributed by atoms with Crippen molar-refractivity contribution in [3.05, 3.63) is 0 Å². The Bertz CT molecular complexity index is 211. The van der Waals surface area contributed by atoms with Gasteiger partial charge in [-0.05, 0) is 38.5 Å². The lowest BCUT2D eigenvalue weighted by molar-refractivity contribution is -0.539. The van der Waals surface area contributed by atoms with Gasteiger partial charge >= 0.3 is 5.29 Å². The molecule has 80 valence electrons. The summed E-state index contributed by atoms with van der Waals surface area (Å²) in [6.07, 6.45) is 7.99. The molecule has 0 N–H and O–H groups in total. The number of hydrogen-bond donors (Lipinski definition) is 0. The molecule has 0 aromatic rings. The molecule has 2 aliphatic heterocycles. The number of rotatable bonds is 0. The molecule has 14 heavy (non-hydrogen) atoms. The number of halogens is 1. The summed E-state index contributed by atoms with van der Waals surface area (Å²) in [6.45, 7) is 4.65. The molecule has 0 saturated carbocycles. The van der Waals surface area contributed by atoms with Gasteiger partial charge in [0.25, 0.3) is 0 Å². The zero-order valence-corrected chi connectivity index (χ0v) is 9.60. The maximum absolute atomic E-state index is 6.41. The lowest BCUT2D eigenvalue weighted by Crippen LogP contribution is -2.39. The van der Waals surface area contributed by atoms with Crippen LogP contribution in [0.5, 0.6) is 0 Å². The fraction of sp³-hybridized carbons (Fsp3) is 0.909. The normalized spacial score (nSPS) is 23.8. The Hall–Kier alpha value is -0.240. The van der Waals surface area contributed by atoms with Crippen LogP contribution in [0.4, 0.5) is 0 Å². The van der Waals surface area contributed by atoms with Crippen molar-refractivity contribution in [3.63, 3.8) is 0 Å². The van der Waals surface area contributed by atoms with E-state index in [9.17, 15) is 0 Å². The summed E-state index contributed by atoms with van der Waals surface area (Å²) in [4.78, 5) is 2.36. The minimum Gasteiger partial charge on any atom is -0.251 e. The van der Waals surface area contributed by atoms with Crippen molar-refractivity contribution in [1.82, 2.24) is 4.90 Å². The molecule has 0 aliphatic carbocycles. The van der Waals surface area contributed by atoms with Crippen LogP contribution in [-0.2, 0) is 0 Å². The Labute approximate surface area is 91.5 Å². The number of amidine groups is 1. The molecule has 3 heteroatoms. The monoisotopic (exact) mass is 215 g/mol. The van der Waals surface area contributed by atoms with Gasteiger partial charge in [0, 0.05) is 11.6 Å². The molecule has 2 nitrogen and oxygen atoms in total. The minimum absolute atomic E-state index is 1.02. The third-order valence-corrected chi connectivity index (χ3v) is 3.71. The van der Waals surface area contributed by atoms with Crippen LogP contribution >= 0.6 is 11.6 Å². The molecule has 0 aromatic carbocycles. The molecule has 2 saturated heterocycles. The third-order valence-electron chi connectivity index (χ3n) is 3.23. The highest BCUT2D eigenvalue weighted by Gasteiger charge is 2.23. The van der Waals surface area contributed by atoms with Crippen LogP contribution in [0.25, 0.3) is 0 Å². The zero-order chi connectivity index (χ0) is 9.80. The van der Waals surface area contributed by atoms with Gasteiger partial charge in [0.05, 0.1) is 26.2 Å². The predicted octanol–water partition coefficient (Wildman–Crippen LogP) is 2.26. The Kier molecular flexibility index (Phi) is 3.68. The average molecular weight is 216 g/mol. The molecule has 0 aromatic heterocycles. The summed E-state index contributed by atoms with van der Waals surface area (Å²) < 4.78 is 2.36. The molecular weight excluding hydrogens is 196 g/mol. The Morgan fingerprint density at radius 2 is 1.43 bits per heavy atom. The summed E-state index contributed by atoms with van der Waals surface area (Å²) in [5, 5.41) is 1.02. The average Bonchev–Trinajstić information content (AvgIpc) is 2.30. The number of piperidine rings is 2. The smallest absolute Gasteiger partial charge is 0.251 e. The molecule has 2 fully saturated rings. The summed E-state index contributed by atoms with van der Waals surface area (Å²) in [6, 6.07) is 0. The van der Waals surface area contributed by atoms with E-state index in [1.165, 1.54) is 38.5 Å². The van der Waals surface area contributed by atoms with E-state index >= 15 is 0 Å². The lowest BCUT2D eigenvalue weighted by Gasteiger charge is -2.24. The first-order valence-electron chi connectivity index (χ1n) is 5.90. The highest BCUT2D eigenvalue weighted by Crippen LogP contribution is 2.13. The molecule has 0 unspecified atom stereocenters. The van der Waals surface area contributed by atoms with Crippen molar-refractivity contribution in [2.45, 2.75) is 38.5 Å². The lowest BCUT2D eigenvalue weighted by atomic mass is 10.1. The largest absolute Gasteiger partial charge is 0.345 e. The molecule has 0 atom stereocenters. The minimum atomic E-state index is 1.02. The summed E-state index contributed by atoms with van der Waals surface area (Å²) in [5.74, 6) is 0. The van der Waals surface area contributed by atoms with Crippen molar-refractivity contribution >= 4 is 16.9 Å². The summed E-state index contributed by atoms with van der Waals surface area (Å²) >= 11 is 6.41. The van der Waals surface area contributed by atoms with Gasteiger partial charge in [-0.15, -0.1) is 0 Å². The maximum atomic E-state index is 6.41. The van der Waals surface area contributed by atoms with Crippen molar-refractivity contribution in [1.29, 1.82) is 0 Å². The van der Waals surface area contributed by atoms with Crippen LogP contribution in [0.1, 0.15) is 38.5 Å². The van der Waals surface area contributed by atoms with Crippen LogP contribution < -0.4 is 0 Å². The van der Waals surface area contributed by atoms with E-state index in [0.29, 0.717) is 0 Å². The van der Waals surface area contributed by atoms with Crippen molar-refractivity contribution in [3.8, 4) is 0 Å². The van der Waals surface area contributed by atoms with E-state index in [1.807, 2.05) is 0 Å². The van der Waals surface area contributed by atoms with Crippen LogP contribution in [0, 0.1) is 0 Å². The first-order chi connectivity index (χ1) is 6.88. The molecule has 0 amide bonds. The highest BCUT2D eigenvalue weighted by atomic mass is 35.5. The predicted molar refractivity (Wildman–Crippen MR) is 60.1 cm³/mol. The number of likely N-dealkylation sites (tertiary alicyclic amines) is 1. The van der Waals surface area contributed by atoms with E-state index in [0.717, 1.165) is 31.5 Å². The van der Waals surface area contributed by atoms with Gasteiger partial charge in [0.2, 0.25) is 0 Å². The highest BCUT2D eigenvalue weighted by molar-refractivity contribution is 6.63. The van der Waals surface area contributed by atoms with Gasteiger partial charge in [-0.2, -0.15) is 0 Å². The Morgan fingerprint density at radius 1 is 0.857 bits per heavy atom. The quantitative estimate of drug-likeness (QED) is 0.341. The maximum Gasteiger partial charge on any atom is 0.345 e. The van der Waals surface area contributed by atoms with E-state index in [1.54, 1.807) is 0 Å². The molecule has 2 aliphatic rings. The Morgan fingerprint density at radius 3 is 2.07 bits per heavy atom. The van der Waals surface area contributed by atoms with Gasteiger partial charge in [-0.25, -0.2) is 0 Å². The summed E-state index contributed by atoms with van der Waals surface area (Å²) in [5.41, 5.74) is 0. The fourth-order valence-corrected chi connectivity index (χ4v) is 2.69. The van der Waals surface area contributed by atoms with E-state index in [2.05, 4.69) is 9.48 Å². The third kappa shape index (κ3) is 2.41. The van der Waals surface area contributed by atoms with E-state index in [-0.39, 0.29) is 0 Å². The van der Waals surface area contributed by atoms with Gasteiger partial charge < -0.3 is 0 Å². The second-order valence-electron chi connectivity index (χ2n) is 4.36. The van der Waals surface area contributed by atoms with Crippen LogP contribution in [0.2, 0.25) is 0 Å². The number of hydrogen-bond acceptors (Lipinski definition) is 0. The SMILES string of the molecule is ClC(N1CCCCC1)=[N+]1CCCCC1. The molecule has 2 rings (SSSR count). The molecule has 0 spiro atoms. The van der Waals surface area contributed by atoms with E-state index < -0.39 is 0 Å². The molecule has 0 bridgehead atoms. The Balaban J connectivity index is 1.99. The van der Waals surface area contributed by atoms with Crippen molar-refractivity contribution < 1.29 is 4.58 Å². The molecular formula is C11H20ClN2+. The van der Waals surface area contributed by atoms with Gasteiger partial charge in [0.15, 0.2) is 0 Å². The van der Waals surface area contributed by atoms with Crippen LogP contribution in [0.15, 0.2) is 0 Å². The van der Waals surface area contributed by atoms with Crippen LogP contribution in [-0.4, -0.2) is 40.9 Å². The van der Waals surface area contributed by atoms with Gasteiger partial charge in [-0.1, -0.05) is 0 Å².